The Labute approximate surface area is 143 Å². The maximum absolute atomic E-state index is 12.9. The number of methoxy groups -OCH3 is 1. The van der Waals surface area contributed by atoms with Crippen LogP contribution in [-0.2, 0) is 4.74 Å². The normalized spacial score (nSPS) is 23.1. The minimum absolute atomic E-state index is 0. The summed E-state index contributed by atoms with van der Waals surface area (Å²) in [4.78, 5) is 14.8. The predicted octanol–water partition coefficient (Wildman–Crippen LogP) is 2.10. The molecule has 0 radical (unpaired) electrons. The summed E-state index contributed by atoms with van der Waals surface area (Å²) in [5, 5.41) is 3.60. The lowest BCUT2D eigenvalue weighted by Gasteiger charge is -2.25. The molecule has 0 saturated carbocycles. The van der Waals surface area contributed by atoms with Crippen LogP contribution in [0.25, 0.3) is 0 Å². The van der Waals surface area contributed by atoms with Crippen molar-refractivity contribution in [1.82, 2.24) is 10.2 Å². The number of likely N-dealkylation sites (tertiary alicyclic amines) is 1. The third-order valence-electron chi connectivity index (χ3n) is 4.47. The van der Waals surface area contributed by atoms with E-state index in [0.29, 0.717) is 36.6 Å². The first kappa shape index (κ1) is 18.0. The molecular weight excluding hydrogens is 316 g/mol. The Morgan fingerprint density at radius 3 is 2.83 bits per heavy atom. The fourth-order valence-electron chi connectivity index (χ4n) is 3.30. The monoisotopic (exact) mass is 340 g/mol. The number of halogens is 1. The van der Waals surface area contributed by atoms with Crippen LogP contribution in [0.5, 0.6) is 5.75 Å². The zero-order valence-corrected chi connectivity index (χ0v) is 14.3. The Morgan fingerprint density at radius 2 is 2.00 bits per heavy atom. The number of nitrogens with zero attached hydrogens (tertiary/aromatic N) is 1. The Kier molecular flexibility index (Phi) is 6.69. The lowest BCUT2D eigenvalue weighted by atomic mass is 10.1. The number of ether oxygens (including phenoxy) is 2. The van der Waals surface area contributed by atoms with Crippen LogP contribution in [0.2, 0.25) is 0 Å². The van der Waals surface area contributed by atoms with E-state index in [4.69, 9.17) is 9.47 Å². The van der Waals surface area contributed by atoms with E-state index in [0.717, 1.165) is 19.5 Å². The van der Waals surface area contributed by atoms with E-state index < -0.39 is 0 Å². The fourth-order valence-corrected chi connectivity index (χ4v) is 3.30. The smallest absolute Gasteiger partial charge is 0.257 e. The standard InChI is InChI=1S/C17H24N2O3.ClH/c1-21-10-11-22-16-5-3-2-4-15(16)17(20)19-9-8-13-6-7-14(12-19)18-13;/h2-5,13-14,18H,6-12H2,1H3;1H. The topological polar surface area (TPSA) is 50.8 Å². The molecule has 0 aliphatic carbocycles. The van der Waals surface area contributed by atoms with E-state index in [1.807, 2.05) is 29.2 Å². The lowest BCUT2D eigenvalue weighted by Crippen LogP contribution is -2.39. The van der Waals surface area contributed by atoms with Gasteiger partial charge in [0.2, 0.25) is 0 Å². The van der Waals surface area contributed by atoms with Gasteiger partial charge in [0.25, 0.3) is 5.91 Å². The first-order valence-corrected chi connectivity index (χ1v) is 8.04. The van der Waals surface area contributed by atoms with E-state index in [2.05, 4.69) is 5.32 Å². The van der Waals surface area contributed by atoms with Gasteiger partial charge in [-0.15, -0.1) is 12.4 Å². The summed E-state index contributed by atoms with van der Waals surface area (Å²) in [6.07, 6.45) is 3.44. The second-order valence-corrected chi connectivity index (χ2v) is 6.02. The first-order valence-electron chi connectivity index (χ1n) is 8.04. The molecule has 2 unspecified atom stereocenters. The quantitative estimate of drug-likeness (QED) is 0.834. The predicted molar refractivity (Wildman–Crippen MR) is 91.5 cm³/mol. The van der Waals surface area contributed by atoms with Crippen LogP contribution in [0.15, 0.2) is 24.3 Å². The van der Waals surface area contributed by atoms with Gasteiger partial charge in [0.05, 0.1) is 12.2 Å². The van der Waals surface area contributed by atoms with Crippen LogP contribution in [0.4, 0.5) is 0 Å². The van der Waals surface area contributed by atoms with Crippen LogP contribution < -0.4 is 10.1 Å². The zero-order chi connectivity index (χ0) is 15.4. The van der Waals surface area contributed by atoms with Crippen molar-refractivity contribution >= 4 is 18.3 Å². The van der Waals surface area contributed by atoms with Crippen LogP contribution in [0, 0.1) is 0 Å². The van der Waals surface area contributed by atoms with Crippen LogP contribution >= 0.6 is 12.4 Å². The molecule has 2 heterocycles. The Hall–Kier alpha value is -1.30. The van der Waals surface area contributed by atoms with Crippen molar-refractivity contribution < 1.29 is 14.3 Å². The molecule has 3 rings (SSSR count). The minimum Gasteiger partial charge on any atom is -0.490 e. The number of carbonyl (C=O) groups is 1. The second kappa shape index (κ2) is 8.52. The molecular formula is C17H25ClN2O3. The third kappa shape index (κ3) is 4.37. The van der Waals surface area contributed by atoms with E-state index in [1.54, 1.807) is 7.11 Å². The molecule has 0 spiro atoms. The molecule has 2 saturated heterocycles. The van der Waals surface area contributed by atoms with Crippen molar-refractivity contribution in [2.45, 2.75) is 31.3 Å². The number of para-hydroxylation sites is 1. The van der Waals surface area contributed by atoms with Gasteiger partial charge in [0.15, 0.2) is 0 Å². The molecule has 2 aliphatic heterocycles. The molecule has 23 heavy (non-hydrogen) atoms. The van der Waals surface area contributed by atoms with Gasteiger partial charge in [-0.2, -0.15) is 0 Å². The van der Waals surface area contributed by atoms with Gasteiger partial charge in [-0.05, 0) is 31.4 Å². The second-order valence-electron chi connectivity index (χ2n) is 6.02. The number of fused-ring (bicyclic) bond motifs is 2. The molecule has 2 atom stereocenters. The maximum Gasteiger partial charge on any atom is 0.257 e. The highest BCUT2D eigenvalue weighted by molar-refractivity contribution is 5.97. The molecule has 2 fully saturated rings. The summed E-state index contributed by atoms with van der Waals surface area (Å²) < 4.78 is 10.7. The number of carbonyl (C=O) groups excluding carboxylic acids is 1. The van der Waals surface area contributed by atoms with Crippen LogP contribution in [0.1, 0.15) is 29.6 Å². The van der Waals surface area contributed by atoms with Crippen LogP contribution in [-0.4, -0.2) is 56.3 Å². The molecule has 128 valence electrons. The molecule has 1 aromatic rings. The van der Waals surface area contributed by atoms with E-state index >= 15 is 0 Å². The average Bonchev–Trinajstić information content (AvgIpc) is 2.87. The number of benzene rings is 1. The summed E-state index contributed by atoms with van der Waals surface area (Å²) in [7, 11) is 1.64. The number of hydrogen-bond acceptors (Lipinski definition) is 4. The Bertz CT molecular complexity index is 526. The molecule has 1 N–H and O–H groups in total. The van der Waals surface area contributed by atoms with Gasteiger partial charge in [-0.25, -0.2) is 0 Å². The molecule has 5 nitrogen and oxygen atoms in total. The summed E-state index contributed by atoms with van der Waals surface area (Å²) in [6.45, 7) is 2.58. The van der Waals surface area contributed by atoms with E-state index in [9.17, 15) is 4.79 Å². The average molecular weight is 341 g/mol. The summed E-state index contributed by atoms with van der Waals surface area (Å²) in [5.74, 6) is 0.717. The molecule has 1 amide bonds. The number of amides is 1. The highest BCUT2D eigenvalue weighted by Crippen LogP contribution is 2.24. The van der Waals surface area contributed by atoms with Gasteiger partial charge in [-0.1, -0.05) is 12.1 Å². The summed E-state index contributed by atoms with van der Waals surface area (Å²) in [5.41, 5.74) is 0.649. The van der Waals surface area contributed by atoms with Gasteiger partial charge in [0, 0.05) is 32.3 Å². The molecule has 2 aliphatic rings. The summed E-state index contributed by atoms with van der Waals surface area (Å²) in [6, 6.07) is 8.50. The van der Waals surface area contributed by atoms with Crippen molar-refractivity contribution in [3.05, 3.63) is 29.8 Å². The van der Waals surface area contributed by atoms with E-state index in [-0.39, 0.29) is 18.3 Å². The number of rotatable bonds is 5. The van der Waals surface area contributed by atoms with Crippen LogP contribution in [0.3, 0.4) is 0 Å². The SMILES string of the molecule is COCCOc1ccccc1C(=O)N1CCC2CCC(C1)N2.Cl. The highest BCUT2D eigenvalue weighted by Gasteiger charge is 2.32. The van der Waals surface area contributed by atoms with Crippen molar-refractivity contribution in [1.29, 1.82) is 0 Å². The highest BCUT2D eigenvalue weighted by atomic mass is 35.5. The van der Waals surface area contributed by atoms with Gasteiger partial charge >= 0.3 is 0 Å². The molecule has 0 aromatic heterocycles. The minimum atomic E-state index is 0. The Balaban J connectivity index is 0.00000192. The first-order chi connectivity index (χ1) is 10.8. The zero-order valence-electron chi connectivity index (χ0n) is 13.5. The molecule has 6 heteroatoms. The van der Waals surface area contributed by atoms with Crippen molar-refractivity contribution in [2.24, 2.45) is 0 Å². The Morgan fingerprint density at radius 1 is 1.22 bits per heavy atom. The third-order valence-corrected chi connectivity index (χ3v) is 4.47. The molecule has 2 bridgehead atoms. The molecule has 1 aromatic carbocycles. The largest absolute Gasteiger partial charge is 0.490 e. The summed E-state index contributed by atoms with van der Waals surface area (Å²) >= 11 is 0. The van der Waals surface area contributed by atoms with Gasteiger partial charge in [0.1, 0.15) is 12.4 Å². The number of hydrogen-bond donors (Lipinski definition) is 1. The van der Waals surface area contributed by atoms with Gasteiger partial charge in [-0.3, -0.25) is 4.79 Å². The maximum atomic E-state index is 12.9. The van der Waals surface area contributed by atoms with E-state index in [1.165, 1.54) is 12.8 Å². The van der Waals surface area contributed by atoms with Crippen molar-refractivity contribution in [3.8, 4) is 5.75 Å². The van der Waals surface area contributed by atoms with Crippen molar-refractivity contribution in [3.63, 3.8) is 0 Å². The number of nitrogens with one attached hydrogen (secondary N) is 1. The lowest BCUT2D eigenvalue weighted by molar-refractivity contribution is 0.0741. The fraction of sp³-hybridized carbons (Fsp3) is 0.588. The van der Waals surface area contributed by atoms with Gasteiger partial charge < -0.3 is 19.7 Å². The van der Waals surface area contributed by atoms with Crippen molar-refractivity contribution in [2.75, 3.05) is 33.4 Å².